The van der Waals surface area contributed by atoms with Crippen molar-refractivity contribution in [3.63, 3.8) is 0 Å². The van der Waals surface area contributed by atoms with E-state index in [1.54, 1.807) is 7.11 Å². The van der Waals surface area contributed by atoms with Gasteiger partial charge in [-0.2, -0.15) is 0 Å². The van der Waals surface area contributed by atoms with Crippen molar-refractivity contribution in [3.8, 4) is 0 Å². The van der Waals surface area contributed by atoms with Crippen LogP contribution in [0.4, 0.5) is 5.69 Å². The summed E-state index contributed by atoms with van der Waals surface area (Å²) >= 11 is 0. The molecule has 1 heterocycles. The molecule has 0 aliphatic heterocycles. The van der Waals surface area contributed by atoms with E-state index in [4.69, 9.17) is 4.74 Å². The van der Waals surface area contributed by atoms with Gasteiger partial charge in [0, 0.05) is 54.9 Å². The van der Waals surface area contributed by atoms with Gasteiger partial charge in [0.15, 0.2) is 0 Å². The van der Waals surface area contributed by atoms with Crippen molar-refractivity contribution in [2.24, 2.45) is 0 Å². The lowest BCUT2D eigenvalue weighted by atomic mass is 10.1. The largest absolute Gasteiger partial charge is 0.383 e. The SMILES string of the molecule is CCN(c1cc(C)ncc1CNC(C)(C)C)C(C)COC. The Labute approximate surface area is 129 Å². The van der Waals surface area contributed by atoms with Gasteiger partial charge in [-0.3, -0.25) is 4.98 Å². The number of pyridine rings is 1. The minimum Gasteiger partial charge on any atom is -0.383 e. The Balaban J connectivity index is 3.04. The van der Waals surface area contributed by atoms with Gasteiger partial charge in [0.25, 0.3) is 0 Å². The summed E-state index contributed by atoms with van der Waals surface area (Å²) in [6, 6.07) is 2.52. The van der Waals surface area contributed by atoms with Crippen LogP contribution in [0, 0.1) is 6.92 Å². The number of nitrogens with zero attached hydrogens (tertiary/aromatic N) is 2. The van der Waals surface area contributed by atoms with Gasteiger partial charge in [0.05, 0.1) is 6.61 Å². The lowest BCUT2D eigenvalue weighted by Crippen LogP contribution is -2.39. The van der Waals surface area contributed by atoms with E-state index in [2.05, 4.69) is 55.9 Å². The summed E-state index contributed by atoms with van der Waals surface area (Å²) in [5.41, 5.74) is 3.64. The molecule has 0 aliphatic carbocycles. The molecule has 0 radical (unpaired) electrons. The number of likely N-dealkylation sites (N-methyl/N-ethyl adjacent to an activating group) is 1. The molecule has 0 fully saturated rings. The second-order valence-electron chi connectivity index (χ2n) is 6.65. The van der Waals surface area contributed by atoms with Gasteiger partial charge in [0.2, 0.25) is 0 Å². The summed E-state index contributed by atoms with van der Waals surface area (Å²) in [6.45, 7) is 15.5. The third-order valence-electron chi connectivity index (χ3n) is 3.50. The van der Waals surface area contributed by atoms with Crippen LogP contribution in [0.2, 0.25) is 0 Å². The van der Waals surface area contributed by atoms with E-state index in [1.165, 1.54) is 11.3 Å². The Morgan fingerprint density at radius 1 is 1.38 bits per heavy atom. The van der Waals surface area contributed by atoms with E-state index in [9.17, 15) is 0 Å². The second-order valence-corrected chi connectivity index (χ2v) is 6.65. The fourth-order valence-electron chi connectivity index (χ4n) is 2.39. The summed E-state index contributed by atoms with van der Waals surface area (Å²) in [5.74, 6) is 0. The molecule has 4 heteroatoms. The standard InChI is InChI=1S/C17H31N3O/c1-8-20(14(3)12-21-7)16-9-13(2)18-10-15(16)11-19-17(4,5)6/h9-10,14,19H,8,11-12H2,1-7H3. The van der Waals surface area contributed by atoms with Crippen molar-refractivity contribution in [1.29, 1.82) is 0 Å². The maximum atomic E-state index is 5.32. The highest BCUT2D eigenvalue weighted by Crippen LogP contribution is 2.23. The molecule has 4 nitrogen and oxygen atoms in total. The molecule has 0 spiro atoms. The molecule has 1 aromatic heterocycles. The van der Waals surface area contributed by atoms with Crippen molar-refractivity contribution in [1.82, 2.24) is 10.3 Å². The number of hydrogen-bond acceptors (Lipinski definition) is 4. The number of hydrogen-bond donors (Lipinski definition) is 1. The smallest absolute Gasteiger partial charge is 0.0663 e. The number of anilines is 1. The number of aryl methyl sites for hydroxylation is 1. The van der Waals surface area contributed by atoms with Gasteiger partial charge >= 0.3 is 0 Å². The molecule has 1 unspecified atom stereocenters. The van der Waals surface area contributed by atoms with E-state index < -0.39 is 0 Å². The van der Waals surface area contributed by atoms with Crippen molar-refractivity contribution in [2.45, 2.75) is 59.7 Å². The molecule has 0 saturated carbocycles. The fraction of sp³-hybridized carbons (Fsp3) is 0.706. The van der Waals surface area contributed by atoms with Crippen LogP contribution >= 0.6 is 0 Å². The van der Waals surface area contributed by atoms with Gasteiger partial charge in [0.1, 0.15) is 0 Å². The molecule has 1 N–H and O–H groups in total. The Morgan fingerprint density at radius 2 is 2.05 bits per heavy atom. The monoisotopic (exact) mass is 293 g/mol. The van der Waals surface area contributed by atoms with E-state index >= 15 is 0 Å². The van der Waals surface area contributed by atoms with Crippen molar-refractivity contribution in [3.05, 3.63) is 23.5 Å². The lowest BCUT2D eigenvalue weighted by Gasteiger charge is -2.32. The van der Waals surface area contributed by atoms with E-state index in [0.29, 0.717) is 6.04 Å². The maximum Gasteiger partial charge on any atom is 0.0663 e. The van der Waals surface area contributed by atoms with Crippen molar-refractivity contribution in [2.75, 3.05) is 25.2 Å². The summed E-state index contributed by atoms with van der Waals surface area (Å²) in [5, 5.41) is 3.55. The molecule has 0 aromatic carbocycles. The zero-order valence-electron chi connectivity index (χ0n) is 14.7. The van der Waals surface area contributed by atoms with Gasteiger partial charge in [-0.05, 0) is 47.6 Å². The molecule has 0 saturated heterocycles. The molecule has 1 rings (SSSR count). The predicted molar refractivity (Wildman–Crippen MR) is 89.9 cm³/mol. The van der Waals surface area contributed by atoms with Crippen LogP contribution in [0.5, 0.6) is 0 Å². The highest BCUT2D eigenvalue weighted by Gasteiger charge is 2.18. The third kappa shape index (κ3) is 5.64. The minimum absolute atomic E-state index is 0.0946. The van der Waals surface area contributed by atoms with Crippen molar-refractivity contribution < 1.29 is 4.74 Å². The summed E-state index contributed by atoms with van der Waals surface area (Å²) in [4.78, 5) is 6.85. The molecular formula is C17H31N3O. The average molecular weight is 293 g/mol. The molecule has 21 heavy (non-hydrogen) atoms. The Bertz CT molecular complexity index is 440. The van der Waals surface area contributed by atoms with Crippen LogP contribution < -0.4 is 10.2 Å². The normalized spacial score (nSPS) is 13.3. The van der Waals surface area contributed by atoms with Gasteiger partial charge in [-0.15, -0.1) is 0 Å². The van der Waals surface area contributed by atoms with Crippen molar-refractivity contribution >= 4 is 5.69 Å². The number of methoxy groups -OCH3 is 1. The first-order chi connectivity index (χ1) is 9.78. The zero-order chi connectivity index (χ0) is 16.0. The van der Waals surface area contributed by atoms with Crippen LogP contribution in [0.15, 0.2) is 12.3 Å². The Kier molecular flexibility index (Phi) is 6.62. The first-order valence-electron chi connectivity index (χ1n) is 7.74. The van der Waals surface area contributed by atoms with Gasteiger partial charge < -0.3 is 15.0 Å². The number of rotatable bonds is 7. The highest BCUT2D eigenvalue weighted by atomic mass is 16.5. The molecule has 0 aliphatic rings. The summed E-state index contributed by atoms with van der Waals surface area (Å²) in [6.07, 6.45) is 1.99. The topological polar surface area (TPSA) is 37.4 Å². The molecule has 1 aromatic rings. The minimum atomic E-state index is 0.0946. The van der Waals surface area contributed by atoms with E-state index in [-0.39, 0.29) is 5.54 Å². The fourth-order valence-corrected chi connectivity index (χ4v) is 2.39. The zero-order valence-corrected chi connectivity index (χ0v) is 14.7. The predicted octanol–water partition coefficient (Wildman–Crippen LogP) is 3.14. The van der Waals surface area contributed by atoms with Crippen LogP contribution in [0.1, 0.15) is 45.9 Å². The number of ether oxygens (including phenoxy) is 1. The van der Waals surface area contributed by atoms with Crippen LogP contribution in [0.3, 0.4) is 0 Å². The first kappa shape index (κ1) is 17.9. The van der Waals surface area contributed by atoms with Crippen LogP contribution in [-0.4, -0.2) is 36.8 Å². The molecular weight excluding hydrogens is 262 g/mol. The molecule has 120 valence electrons. The van der Waals surface area contributed by atoms with E-state index in [0.717, 1.165) is 25.4 Å². The lowest BCUT2D eigenvalue weighted by molar-refractivity contribution is 0.182. The van der Waals surface area contributed by atoms with E-state index in [1.807, 2.05) is 13.1 Å². The Hall–Kier alpha value is -1.13. The van der Waals surface area contributed by atoms with Gasteiger partial charge in [-0.25, -0.2) is 0 Å². The van der Waals surface area contributed by atoms with Gasteiger partial charge in [-0.1, -0.05) is 0 Å². The average Bonchev–Trinajstić information content (AvgIpc) is 2.38. The quantitative estimate of drug-likeness (QED) is 0.838. The summed E-state index contributed by atoms with van der Waals surface area (Å²) in [7, 11) is 1.75. The van der Waals surface area contributed by atoms with Crippen LogP contribution in [0.25, 0.3) is 0 Å². The second kappa shape index (κ2) is 7.76. The highest BCUT2D eigenvalue weighted by molar-refractivity contribution is 5.54. The molecule has 0 bridgehead atoms. The Morgan fingerprint density at radius 3 is 2.57 bits per heavy atom. The number of aromatic nitrogens is 1. The molecule has 1 atom stereocenters. The molecule has 0 amide bonds. The number of nitrogens with one attached hydrogen (secondary N) is 1. The van der Waals surface area contributed by atoms with Crippen LogP contribution in [-0.2, 0) is 11.3 Å². The maximum absolute atomic E-state index is 5.32. The first-order valence-corrected chi connectivity index (χ1v) is 7.74. The third-order valence-corrected chi connectivity index (χ3v) is 3.50. The summed E-state index contributed by atoms with van der Waals surface area (Å²) < 4.78 is 5.32.